The molecule has 0 aromatic carbocycles. The molecule has 7 unspecified atom stereocenters. The van der Waals surface area contributed by atoms with Gasteiger partial charge in [-0.25, -0.2) is 0 Å². The molecule has 3 fully saturated rings. The summed E-state index contributed by atoms with van der Waals surface area (Å²) in [6.45, 7) is 2.36. The number of fused-ring (bicyclic) bond motifs is 9. The molecule has 0 aliphatic heterocycles. The fourth-order valence-corrected chi connectivity index (χ4v) is 9.73. The smallest absolute Gasteiger partial charge is 0.0166 e. The lowest BCUT2D eigenvalue weighted by atomic mass is 9.54. The average molecular weight is 366 g/mol. The van der Waals surface area contributed by atoms with Crippen LogP contribution >= 0.6 is 0 Å². The van der Waals surface area contributed by atoms with Crippen LogP contribution in [0.2, 0.25) is 0 Å². The molecular weight excluding hydrogens is 326 g/mol. The third kappa shape index (κ3) is 2.21. The zero-order valence-corrected chi connectivity index (χ0v) is 17.4. The SMILES string of the molecule is CC1(N)CCC2=C(C1)C1(C3CCC=CC23)C2CCCCC2C2CCCCC21. The molecule has 0 heterocycles. The van der Waals surface area contributed by atoms with E-state index in [1.165, 1.54) is 70.6 Å². The van der Waals surface area contributed by atoms with Crippen LogP contribution in [0.15, 0.2) is 23.3 Å². The van der Waals surface area contributed by atoms with E-state index < -0.39 is 0 Å². The first-order chi connectivity index (χ1) is 13.1. The Morgan fingerprint density at radius 2 is 1.56 bits per heavy atom. The maximum absolute atomic E-state index is 6.86. The van der Waals surface area contributed by atoms with E-state index in [-0.39, 0.29) is 5.54 Å². The van der Waals surface area contributed by atoms with Gasteiger partial charge >= 0.3 is 0 Å². The Morgan fingerprint density at radius 1 is 0.889 bits per heavy atom. The molecule has 6 aliphatic rings. The molecule has 0 bridgehead atoms. The molecule has 0 amide bonds. The second-order valence-electron chi connectivity index (χ2n) is 11.5. The summed E-state index contributed by atoms with van der Waals surface area (Å²) >= 11 is 0. The second kappa shape index (κ2) is 5.97. The molecule has 27 heavy (non-hydrogen) atoms. The highest BCUT2D eigenvalue weighted by Crippen LogP contribution is 2.75. The van der Waals surface area contributed by atoms with Crippen molar-refractivity contribution in [1.29, 1.82) is 0 Å². The Kier molecular flexibility index (Phi) is 3.83. The van der Waals surface area contributed by atoms with Gasteiger partial charge in [-0.05, 0) is 94.3 Å². The number of hydrogen-bond donors (Lipinski definition) is 1. The van der Waals surface area contributed by atoms with E-state index in [9.17, 15) is 0 Å². The van der Waals surface area contributed by atoms with Gasteiger partial charge in [0.2, 0.25) is 0 Å². The number of hydrogen-bond acceptors (Lipinski definition) is 1. The summed E-state index contributed by atoms with van der Waals surface area (Å²) < 4.78 is 0. The Bertz CT molecular complexity index is 660. The van der Waals surface area contributed by atoms with Crippen molar-refractivity contribution < 1.29 is 0 Å². The van der Waals surface area contributed by atoms with Crippen molar-refractivity contribution in [3.63, 3.8) is 0 Å². The lowest BCUT2D eigenvalue weighted by Crippen LogP contribution is -2.46. The predicted molar refractivity (Wildman–Crippen MR) is 112 cm³/mol. The number of allylic oxidation sites excluding steroid dienone is 3. The summed E-state index contributed by atoms with van der Waals surface area (Å²) in [6.07, 6.45) is 23.9. The van der Waals surface area contributed by atoms with Gasteiger partial charge in [0.05, 0.1) is 0 Å². The van der Waals surface area contributed by atoms with Crippen LogP contribution in [-0.2, 0) is 0 Å². The monoisotopic (exact) mass is 365 g/mol. The highest BCUT2D eigenvalue weighted by molar-refractivity contribution is 5.44. The summed E-state index contributed by atoms with van der Waals surface area (Å²) in [4.78, 5) is 0. The maximum atomic E-state index is 6.86. The first-order valence-corrected chi connectivity index (χ1v) is 12.3. The van der Waals surface area contributed by atoms with Gasteiger partial charge < -0.3 is 5.73 Å². The molecule has 1 heteroatoms. The summed E-state index contributed by atoms with van der Waals surface area (Å²) in [7, 11) is 0. The van der Waals surface area contributed by atoms with E-state index in [2.05, 4.69) is 19.1 Å². The van der Waals surface area contributed by atoms with E-state index in [0.29, 0.717) is 5.41 Å². The minimum atomic E-state index is 0.0416. The number of rotatable bonds is 0. The third-order valence-electron chi connectivity index (χ3n) is 10.3. The first-order valence-electron chi connectivity index (χ1n) is 12.3. The van der Waals surface area contributed by atoms with E-state index in [4.69, 9.17) is 5.73 Å². The first kappa shape index (κ1) is 17.3. The van der Waals surface area contributed by atoms with Crippen LogP contribution in [0.4, 0.5) is 0 Å². The molecule has 148 valence electrons. The van der Waals surface area contributed by atoms with E-state index in [1.54, 1.807) is 12.8 Å². The Morgan fingerprint density at radius 3 is 2.26 bits per heavy atom. The largest absolute Gasteiger partial charge is 0.325 e. The van der Waals surface area contributed by atoms with Crippen LogP contribution < -0.4 is 5.73 Å². The van der Waals surface area contributed by atoms with Gasteiger partial charge in [0.25, 0.3) is 0 Å². The van der Waals surface area contributed by atoms with Gasteiger partial charge in [-0.15, -0.1) is 0 Å². The van der Waals surface area contributed by atoms with Crippen molar-refractivity contribution >= 4 is 0 Å². The molecule has 1 nitrogen and oxygen atoms in total. The minimum Gasteiger partial charge on any atom is -0.325 e. The Balaban J connectivity index is 1.55. The lowest BCUT2D eigenvalue weighted by molar-refractivity contribution is 0.0405. The topological polar surface area (TPSA) is 26.0 Å². The van der Waals surface area contributed by atoms with Crippen molar-refractivity contribution in [3.05, 3.63) is 23.3 Å². The highest BCUT2D eigenvalue weighted by atomic mass is 14.8. The molecule has 7 atom stereocenters. The predicted octanol–water partition coefficient (Wildman–Crippen LogP) is 6.39. The fraction of sp³-hybridized carbons (Fsp3) is 0.846. The molecule has 0 saturated heterocycles. The standard InChI is InChI=1S/C26H39N/c1-25(27)15-14-20-19-10-4-7-13-23(19)26(24(20)16-25)21-11-5-2-8-17(21)18-9-3-6-12-22(18)26/h4,10,17-19,21-23H,2-3,5-9,11-16,27H2,1H3. The zero-order valence-electron chi connectivity index (χ0n) is 17.4. The van der Waals surface area contributed by atoms with Crippen LogP contribution in [0.5, 0.6) is 0 Å². The van der Waals surface area contributed by atoms with E-state index in [0.717, 1.165) is 35.5 Å². The maximum Gasteiger partial charge on any atom is 0.0166 e. The van der Waals surface area contributed by atoms with Gasteiger partial charge in [0, 0.05) is 16.9 Å². The van der Waals surface area contributed by atoms with Crippen LogP contribution in [0.1, 0.15) is 90.4 Å². The van der Waals surface area contributed by atoms with Gasteiger partial charge in [0.15, 0.2) is 0 Å². The van der Waals surface area contributed by atoms with Crippen LogP contribution in [0.3, 0.4) is 0 Å². The van der Waals surface area contributed by atoms with Crippen molar-refractivity contribution in [2.75, 3.05) is 0 Å². The summed E-state index contributed by atoms with van der Waals surface area (Å²) in [5.41, 5.74) is 11.3. The van der Waals surface area contributed by atoms with Crippen molar-refractivity contribution in [2.24, 2.45) is 46.7 Å². The van der Waals surface area contributed by atoms with Crippen molar-refractivity contribution in [1.82, 2.24) is 0 Å². The van der Waals surface area contributed by atoms with Crippen molar-refractivity contribution in [2.45, 2.75) is 95.9 Å². The minimum absolute atomic E-state index is 0.0416. The van der Waals surface area contributed by atoms with E-state index in [1.807, 2.05) is 11.1 Å². The van der Waals surface area contributed by atoms with Crippen LogP contribution in [0.25, 0.3) is 0 Å². The molecule has 2 N–H and O–H groups in total. The second-order valence-corrected chi connectivity index (χ2v) is 11.5. The number of nitrogens with two attached hydrogens (primary N) is 1. The normalized spacial score (nSPS) is 53.9. The molecule has 6 aliphatic carbocycles. The third-order valence-corrected chi connectivity index (χ3v) is 10.3. The molecular formula is C26H39N. The zero-order chi connectivity index (χ0) is 18.2. The van der Waals surface area contributed by atoms with Crippen LogP contribution in [0, 0.1) is 40.9 Å². The molecule has 6 rings (SSSR count). The summed E-state index contributed by atoms with van der Waals surface area (Å²) in [6, 6.07) is 0. The fourth-order valence-electron chi connectivity index (χ4n) is 9.73. The molecule has 3 saturated carbocycles. The summed E-state index contributed by atoms with van der Waals surface area (Å²) in [5.74, 6) is 5.81. The quantitative estimate of drug-likeness (QED) is 0.494. The average Bonchev–Trinajstić information content (AvgIpc) is 3.14. The van der Waals surface area contributed by atoms with Crippen LogP contribution in [-0.4, -0.2) is 5.54 Å². The highest BCUT2D eigenvalue weighted by Gasteiger charge is 2.68. The van der Waals surface area contributed by atoms with Gasteiger partial charge in [0.1, 0.15) is 0 Å². The lowest BCUT2D eigenvalue weighted by Gasteiger charge is -2.50. The molecule has 1 spiro atoms. The van der Waals surface area contributed by atoms with Gasteiger partial charge in [-0.3, -0.25) is 0 Å². The van der Waals surface area contributed by atoms with E-state index >= 15 is 0 Å². The molecule has 0 aromatic rings. The van der Waals surface area contributed by atoms with Crippen molar-refractivity contribution in [3.8, 4) is 0 Å². The van der Waals surface area contributed by atoms with Gasteiger partial charge in [-0.2, -0.15) is 0 Å². The summed E-state index contributed by atoms with van der Waals surface area (Å²) in [5, 5.41) is 0. The molecule has 0 radical (unpaired) electrons. The molecule has 0 aromatic heterocycles. The van der Waals surface area contributed by atoms with Gasteiger partial charge in [-0.1, -0.05) is 49.0 Å². The Hall–Kier alpha value is -0.560. The Labute approximate surface area is 166 Å².